The zero-order valence-corrected chi connectivity index (χ0v) is 12.0. The average Bonchev–Trinajstić information content (AvgIpc) is 2.35. The Balaban J connectivity index is 2.15. The van der Waals surface area contributed by atoms with Gasteiger partial charge >= 0.3 is 0 Å². The summed E-state index contributed by atoms with van der Waals surface area (Å²) in [5.74, 6) is -0.0497. The summed E-state index contributed by atoms with van der Waals surface area (Å²) in [5.41, 5.74) is 7.89. The number of nitrogens with zero attached hydrogens (tertiary/aromatic N) is 1. The molecule has 0 saturated carbocycles. The molecule has 1 heterocycles. The summed E-state index contributed by atoms with van der Waals surface area (Å²) in [7, 11) is 0. The van der Waals surface area contributed by atoms with Gasteiger partial charge in [-0.3, -0.25) is 9.78 Å². The molecule has 0 unspecified atom stereocenters. The van der Waals surface area contributed by atoms with Gasteiger partial charge in [0.2, 0.25) is 5.91 Å². The predicted octanol–water partition coefficient (Wildman–Crippen LogP) is 2.14. The first kappa shape index (κ1) is 14.1. The topological polar surface area (TPSA) is 80.0 Å². The van der Waals surface area contributed by atoms with Crippen molar-refractivity contribution in [2.45, 2.75) is 26.3 Å². The van der Waals surface area contributed by atoms with Crippen LogP contribution in [0.25, 0.3) is 10.9 Å². The van der Waals surface area contributed by atoms with Gasteiger partial charge in [0.15, 0.2) is 0 Å². The van der Waals surface area contributed by atoms with Gasteiger partial charge in [-0.25, -0.2) is 0 Å². The fourth-order valence-electron chi connectivity index (χ4n) is 1.99. The lowest BCUT2D eigenvalue weighted by Gasteiger charge is -2.21. The van der Waals surface area contributed by atoms with E-state index in [0.717, 1.165) is 16.6 Å². The van der Waals surface area contributed by atoms with E-state index < -0.39 is 0 Å². The third kappa shape index (κ3) is 3.38. The number of nitrogen functional groups attached to an aromatic ring is 1. The van der Waals surface area contributed by atoms with Crippen molar-refractivity contribution in [2.24, 2.45) is 0 Å². The molecule has 0 radical (unpaired) electrons. The first-order chi connectivity index (χ1) is 9.37. The van der Waals surface area contributed by atoms with E-state index in [1.807, 2.05) is 45.0 Å². The molecule has 20 heavy (non-hydrogen) atoms. The van der Waals surface area contributed by atoms with Crippen LogP contribution in [0.1, 0.15) is 20.8 Å². The highest BCUT2D eigenvalue weighted by Gasteiger charge is 2.13. The normalized spacial score (nSPS) is 11.3. The van der Waals surface area contributed by atoms with Gasteiger partial charge in [-0.15, -0.1) is 0 Å². The Labute approximate surface area is 118 Å². The van der Waals surface area contributed by atoms with Crippen molar-refractivity contribution < 1.29 is 4.79 Å². The molecule has 0 fully saturated rings. The second-order valence-corrected chi connectivity index (χ2v) is 5.75. The van der Waals surface area contributed by atoms with Crippen LogP contribution in [0.15, 0.2) is 30.5 Å². The number of aromatic nitrogens is 1. The number of nitrogens with two attached hydrogens (primary N) is 1. The van der Waals surface area contributed by atoms with Crippen LogP contribution in [-0.4, -0.2) is 23.0 Å². The number of benzene rings is 1. The van der Waals surface area contributed by atoms with E-state index in [1.54, 1.807) is 6.20 Å². The number of pyridine rings is 1. The zero-order valence-electron chi connectivity index (χ0n) is 12.0. The first-order valence-electron chi connectivity index (χ1n) is 6.55. The fourth-order valence-corrected chi connectivity index (χ4v) is 1.99. The molecule has 5 heteroatoms. The number of carbonyl (C=O) groups excluding carboxylic acids is 1. The number of para-hydroxylation sites is 1. The maximum absolute atomic E-state index is 11.8. The molecular weight excluding hydrogens is 252 g/mol. The minimum Gasteiger partial charge on any atom is -0.397 e. The third-order valence-corrected chi connectivity index (χ3v) is 2.76. The Kier molecular flexibility index (Phi) is 3.79. The van der Waals surface area contributed by atoms with Crippen molar-refractivity contribution in [3.05, 3.63) is 30.5 Å². The lowest BCUT2D eigenvalue weighted by atomic mass is 10.1. The molecule has 2 aromatic rings. The number of hydrogen-bond acceptors (Lipinski definition) is 4. The van der Waals surface area contributed by atoms with Crippen LogP contribution in [0.4, 0.5) is 11.4 Å². The van der Waals surface area contributed by atoms with E-state index in [1.165, 1.54) is 0 Å². The number of rotatable bonds is 3. The molecule has 1 aromatic heterocycles. The number of nitrogens with one attached hydrogen (secondary N) is 2. The quantitative estimate of drug-likeness (QED) is 0.748. The van der Waals surface area contributed by atoms with Crippen molar-refractivity contribution in [3.63, 3.8) is 0 Å². The Hall–Kier alpha value is -2.30. The zero-order chi connectivity index (χ0) is 14.8. The smallest absolute Gasteiger partial charge is 0.239 e. The minimum absolute atomic E-state index is 0.0497. The monoisotopic (exact) mass is 272 g/mol. The van der Waals surface area contributed by atoms with E-state index in [9.17, 15) is 4.79 Å². The van der Waals surface area contributed by atoms with Gasteiger partial charge in [0, 0.05) is 22.8 Å². The fraction of sp³-hybridized carbons (Fsp3) is 0.333. The Bertz CT molecular complexity index is 631. The van der Waals surface area contributed by atoms with Gasteiger partial charge in [-0.2, -0.15) is 0 Å². The van der Waals surface area contributed by atoms with Gasteiger partial charge in [-0.05, 0) is 32.9 Å². The van der Waals surface area contributed by atoms with Crippen molar-refractivity contribution in [1.29, 1.82) is 0 Å². The van der Waals surface area contributed by atoms with E-state index in [2.05, 4.69) is 15.6 Å². The molecule has 1 amide bonds. The summed E-state index contributed by atoms with van der Waals surface area (Å²) >= 11 is 0. The van der Waals surface area contributed by atoms with Crippen LogP contribution in [0.3, 0.4) is 0 Å². The Morgan fingerprint density at radius 3 is 2.75 bits per heavy atom. The van der Waals surface area contributed by atoms with Crippen LogP contribution in [0.5, 0.6) is 0 Å². The maximum Gasteiger partial charge on any atom is 0.239 e. The predicted molar refractivity (Wildman–Crippen MR) is 82.5 cm³/mol. The molecule has 0 spiro atoms. The summed E-state index contributed by atoms with van der Waals surface area (Å²) in [6, 6.07) is 7.46. The molecule has 1 aromatic carbocycles. The minimum atomic E-state index is -0.233. The summed E-state index contributed by atoms with van der Waals surface area (Å²) in [5, 5.41) is 6.95. The highest BCUT2D eigenvalue weighted by molar-refractivity contribution is 5.98. The average molecular weight is 272 g/mol. The number of fused-ring (bicyclic) bond motifs is 1. The lowest BCUT2D eigenvalue weighted by Crippen LogP contribution is -2.43. The molecule has 5 nitrogen and oxygen atoms in total. The molecule has 0 bridgehead atoms. The number of carbonyl (C=O) groups is 1. The molecule has 0 aliphatic heterocycles. The van der Waals surface area contributed by atoms with Crippen LogP contribution in [0, 0.1) is 0 Å². The van der Waals surface area contributed by atoms with Crippen LogP contribution in [-0.2, 0) is 4.79 Å². The molecule has 2 rings (SSSR count). The summed E-state index contributed by atoms with van der Waals surface area (Å²) in [6.45, 7) is 6.07. The molecule has 0 saturated heterocycles. The molecule has 0 atom stereocenters. The van der Waals surface area contributed by atoms with Gasteiger partial charge in [0.05, 0.1) is 17.7 Å². The Morgan fingerprint density at radius 1 is 1.30 bits per heavy atom. The highest BCUT2D eigenvalue weighted by atomic mass is 16.2. The van der Waals surface area contributed by atoms with E-state index >= 15 is 0 Å². The molecule has 0 aliphatic carbocycles. The molecule has 106 valence electrons. The second-order valence-electron chi connectivity index (χ2n) is 5.75. The number of amides is 1. The standard InChI is InChI=1S/C15H20N4O/c1-15(2,3)19-13(20)9-18-12-7-8-17-14-10(12)5-4-6-11(14)16/h4-8H,9,16H2,1-3H3,(H,17,18)(H,19,20). The van der Waals surface area contributed by atoms with Crippen molar-refractivity contribution in [2.75, 3.05) is 17.6 Å². The summed E-state index contributed by atoms with van der Waals surface area (Å²) in [6.07, 6.45) is 1.68. The summed E-state index contributed by atoms with van der Waals surface area (Å²) < 4.78 is 0. The molecular formula is C15H20N4O. The van der Waals surface area contributed by atoms with Crippen LogP contribution < -0.4 is 16.4 Å². The Morgan fingerprint density at radius 2 is 2.05 bits per heavy atom. The summed E-state index contributed by atoms with van der Waals surface area (Å²) in [4.78, 5) is 16.1. The number of anilines is 2. The van der Waals surface area contributed by atoms with Gasteiger partial charge in [-0.1, -0.05) is 12.1 Å². The van der Waals surface area contributed by atoms with E-state index in [-0.39, 0.29) is 18.0 Å². The highest BCUT2D eigenvalue weighted by Crippen LogP contribution is 2.25. The second kappa shape index (κ2) is 5.36. The third-order valence-electron chi connectivity index (χ3n) is 2.76. The molecule has 4 N–H and O–H groups in total. The molecule has 0 aliphatic rings. The van der Waals surface area contributed by atoms with Crippen LogP contribution >= 0.6 is 0 Å². The lowest BCUT2D eigenvalue weighted by molar-refractivity contribution is -0.120. The van der Waals surface area contributed by atoms with E-state index in [4.69, 9.17) is 5.73 Å². The number of hydrogen-bond donors (Lipinski definition) is 3. The largest absolute Gasteiger partial charge is 0.397 e. The van der Waals surface area contributed by atoms with Gasteiger partial charge in [0.1, 0.15) is 0 Å². The van der Waals surface area contributed by atoms with Crippen molar-refractivity contribution in [3.8, 4) is 0 Å². The SMILES string of the molecule is CC(C)(C)NC(=O)CNc1ccnc2c(N)cccc12. The van der Waals surface area contributed by atoms with Crippen molar-refractivity contribution >= 4 is 28.2 Å². The maximum atomic E-state index is 11.8. The first-order valence-corrected chi connectivity index (χ1v) is 6.55. The van der Waals surface area contributed by atoms with Gasteiger partial charge < -0.3 is 16.4 Å². The van der Waals surface area contributed by atoms with Crippen LogP contribution in [0.2, 0.25) is 0 Å². The van der Waals surface area contributed by atoms with Gasteiger partial charge in [0.25, 0.3) is 0 Å². The van der Waals surface area contributed by atoms with Crippen molar-refractivity contribution in [1.82, 2.24) is 10.3 Å². The van der Waals surface area contributed by atoms with E-state index in [0.29, 0.717) is 5.69 Å².